The monoisotopic (exact) mass is 427 g/mol. The molecule has 30 heavy (non-hydrogen) atoms. The maximum atomic E-state index is 11.8. The number of aryl methyl sites for hydroxylation is 1. The van der Waals surface area contributed by atoms with Gasteiger partial charge in [0.1, 0.15) is 0 Å². The van der Waals surface area contributed by atoms with Gasteiger partial charge in [-0.15, -0.1) is 0 Å². The fourth-order valence-corrected chi connectivity index (χ4v) is 2.69. The van der Waals surface area contributed by atoms with Crippen molar-refractivity contribution in [3.8, 4) is 0 Å². The minimum absolute atomic E-state index is 0.0366. The Labute approximate surface area is 181 Å². The van der Waals surface area contributed by atoms with Gasteiger partial charge in [0.05, 0.1) is 13.0 Å². The molecule has 7 nitrogen and oxygen atoms in total. The van der Waals surface area contributed by atoms with Crippen molar-refractivity contribution in [3.63, 3.8) is 0 Å². The van der Waals surface area contributed by atoms with Gasteiger partial charge in [0, 0.05) is 19.3 Å². The molecule has 0 aromatic heterocycles. The van der Waals surface area contributed by atoms with Crippen molar-refractivity contribution in [2.24, 2.45) is 0 Å². The van der Waals surface area contributed by atoms with Crippen LogP contribution in [0.5, 0.6) is 0 Å². The predicted octanol–water partition coefficient (Wildman–Crippen LogP) is 2.21. The van der Waals surface area contributed by atoms with E-state index < -0.39 is 11.9 Å². The molecule has 2 aromatic carbocycles. The van der Waals surface area contributed by atoms with E-state index in [0.29, 0.717) is 12.8 Å². The number of benzene rings is 2. The van der Waals surface area contributed by atoms with Crippen LogP contribution in [0.25, 0.3) is 0 Å². The lowest BCUT2D eigenvalue weighted by atomic mass is 10.1. The molecule has 0 aliphatic rings. The Hall–Kier alpha value is -3.26. The number of ether oxygens (including phenoxy) is 1. The molecule has 0 aliphatic heterocycles. The molecule has 0 saturated heterocycles. The number of hydrazine groups is 1. The van der Waals surface area contributed by atoms with Gasteiger partial charge in [0.15, 0.2) is 5.11 Å². The molecule has 0 radical (unpaired) electrons. The summed E-state index contributed by atoms with van der Waals surface area (Å²) in [7, 11) is 0. The summed E-state index contributed by atoms with van der Waals surface area (Å²) < 4.78 is 5.12. The average molecular weight is 428 g/mol. The van der Waals surface area contributed by atoms with E-state index in [1.807, 2.05) is 60.7 Å². The standard InChI is InChI=1S/C22H25N3O4S/c26-19(13-14-21(28)29-16-15-18-9-5-2-6-10-18)23-22(30)25-24-20(27)12-11-17-7-3-1-4-8-17/h1-10H,11-16H2,(H,24,27)(H2,23,25,26,30). The molecule has 0 spiro atoms. The van der Waals surface area contributed by atoms with E-state index in [1.54, 1.807) is 0 Å². The Balaban J connectivity index is 1.53. The van der Waals surface area contributed by atoms with Crippen molar-refractivity contribution < 1.29 is 19.1 Å². The molecule has 0 unspecified atom stereocenters. The Morgan fingerprint density at radius 2 is 1.33 bits per heavy atom. The van der Waals surface area contributed by atoms with E-state index in [1.165, 1.54) is 0 Å². The Bertz CT molecular complexity index is 844. The van der Waals surface area contributed by atoms with Crippen molar-refractivity contribution in [1.82, 2.24) is 16.2 Å². The molecule has 3 N–H and O–H groups in total. The van der Waals surface area contributed by atoms with E-state index in [0.717, 1.165) is 11.1 Å². The first kappa shape index (κ1) is 23.0. The second kappa shape index (κ2) is 13.1. The van der Waals surface area contributed by atoms with Crippen LogP contribution in [-0.2, 0) is 32.0 Å². The Kier molecular flexibility index (Phi) is 10.0. The fraction of sp³-hybridized carbons (Fsp3) is 0.273. The molecule has 0 bridgehead atoms. The fourth-order valence-electron chi connectivity index (χ4n) is 2.53. The number of carbonyl (C=O) groups excluding carboxylic acids is 3. The van der Waals surface area contributed by atoms with Crippen molar-refractivity contribution >= 4 is 35.1 Å². The summed E-state index contributed by atoms with van der Waals surface area (Å²) in [5.74, 6) is -1.14. The highest BCUT2D eigenvalue weighted by atomic mass is 32.1. The Morgan fingerprint density at radius 1 is 0.733 bits per heavy atom. The lowest BCUT2D eigenvalue weighted by Crippen LogP contribution is -2.48. The van der Waals surface area contributed by atoms with Gasteiger partial charge in [-0.3, -0.25) is 25.2 Å². The molecular formula is C22H25N3O4S. The first-order valence-corrected chi connectivity index (χ1v) is 10.1. The summed E-state index contributed by atoms with van der Waals surface area (Å²) in [6, 6.07) is 19.3. The van der Waals surface area contributed by atoms with Crippen molar-refractivity contribution in [3.05, 3.63) is 71.8 Å². The molecular weight excluding hydrogens is 402 g/mol. The van der Waals surface area contributed by atoms with Crippen LogP contribution in [0.2, 0.25) is 0 Å². The number of amides is 2. The van der Waals surface area contributed by atoms with Crippen LogP contribution in [0.15, 0.2) is 60.7 Å². The second-order valence-electron chi connectivity index (χ2n) is 6.49. The highest BCUT2D eigenvalue weighted by Gasteiger charge is 2.10. The van der Waals surface area contributed by atoms with E-state index >= 15 is 0 Å². The number of carbonyl (C=O) groups is 3. The smallest absolute Gasteiger partial charge is 0.306 e. The second-order valence-corrected chi connectivity index (χ2v) is 6.90. The van der Waals surface area contributed by atoms with Gasteiger partial charge in [-0.2, -0.15) is 0 Å². The zero-order valence-electron chi connectivity index (χ0n) is 16.6. The van der Waals surface area contributed by atoms with Crippen molar-refractivity contribution in [2.75, 3.05) is 6.61 Å². The lowest BCUT2D eigenvalue weighted by molar-refractivity contribution is -0.144. The van der Waals surface area contributed by atoms with Gasteiger partial charge in [-0.1, -0.05) is 60.7 Å². The van der Waals surface area contributed by atoms with Gasteiger partial charge in [-0.05, 0) is 29.8 Å². The number of nitrogens with one attached hydrogen (secondary N) is 3. The molecule has 0 heterocycles. The number of thiocarbonyl (C=S) groups is 1. The molecule has 2 amide bonds. The highest BCUT2D eigenvalue weighted by molar-refractivity contribution is 7.80. The minimum atomic E-state index is -0.450. The summed E-state index contributed by atoms with van der Waals surface area (Å²) in [5.41, 5.74) is 7.03. The van der Waals surface area contributed by atoms with Crippen LogP contribution in [0.1, 0.15) is 30.4 Å². The topological polar surface area (TPSA) is 96.5 Å². The van der Waals surface area contributed by atoms with Crippen LogP contribution in [-0.4, -0.2) is 29.5 Å². The predicted molar refractivity (Wildman–Crippen MR) is 117 cm³/mol. The van der Waals surface area contributed by atoms with E-state index in [4.69, 9.17) is 17.0 Å². The molecule has 2 aromatic rings. The third-order valence-electron chi connectivity index (χ3n) is 4.10. The number of esters is 1. The minimum Gasteiger partial charge on any atom is -0.465 e. The first-order valence-electron chi connectivity index (χ1n) is 9.65. The summed E-state index contributed by atoms with van der Waals surface area (Å²) in [5, 5.41) is 2.37. The van der Waals surface area contributed by atoms with E-state index in [9.17, 15) is 14.4 Å². The summed E-state index contributed by atoms with van der Waals surface area (Å²) in [4.78, 5) is 35.4. The van der Waals surface area contributed by atoms with Crippen LogP contribution in [0, 0.1) is 0 Å². The molecule has 0 saturated carbocycles. The van der Waals surface area contributed by atoms with Crippen LogP contribution >= 0.6 is 12.2 Å². The van der Waals surface area contributed by atoms with E-state index in [2.05, 4.69) is 16.2 Å². The Morgan fingerprint density at radius 3 is 1.97 bits per heavy atom. The quantitative estimate of drug-likeness (QED) is 0.323. The SMILES string of the molecule is O=C(CCc1ccccc1)NNC(=S)NC(=O)CCC(=O)OCCc1ccccc1. The maximum absolute atomic E-state index is 11.8. The third kappa shape index (κ3) is 9.79. The average Bonchev–Trinajstić information content (AvgIpc) is 2.76. The summed E-state index contributed by atoms with van der Waals surface area (Å²) >= 11 is 4.96. The molecule has 0 aliphatic carbocycles. The zero-order chi connectivity index (χ0) is 21.6. The van der Waals surface area contributed by atoms with Crippen molar-refractivity contribution in [2.45, 2.75) is 32.1 Å². The number of hydrogen-bond donors (Lipinski definition) is 3. The largest absolute Gasteiger partial charge is 0.465 e. The summed E-state index contributed by atoms with van der Waals surface area (Å²) in [6.45, 7) is 0.263. The van der Waals surface area contributed by atoms with Gasteiger partial charge in [0.25, 0.3) is 0 Å². The molecule has 2 rings (SSSR count). The molecule has 8 heteroatoms. The number of hydrogen-bond acceptors (Lipinski definition) is 5. The van der Waals surface area contributed by atoms with Crippen LogP contribution in [0.4, 0.5) is 0 Å². The summed E-state index contributed by atoms with van der Waals surface area (Å²) in [6.07, 6.45) is 1.39. The lowest BCUT2D eigenvalue weighted by Gasteiger charge is -2.11. The zero-order valence-corrected chi connectivity index (χ0v) is 17.4. The van der Waals surface area contributed by atoms with Gasteiger partial charge >= 0.3 is 5.97 Å². The third-order valence-corrected chi connectivity index (χ3v) is 4.31. The number of rotatable bonds is 9. The molecule has 0 fully saturated rings. The van der Waals surface area contributed by atoms with Gasteiger partial charge in [-0.25, -0.2) is 0 Å². The molecule has 158 valence electrons. The molecule has 0 atom stereocenters. The van der Waals surface area contributed by atoms with Gasteiger partial charge in [0.2, 0.25) is 11.8 Å². The first-order chi connectivity index (χ1) is 14.5. The van der Waals surface area contributed by atoms with Gasteiger partial charge < -0.3 is 10.1 Å². The maximum Gasteiger partial charge on any atom is 0.306 e. The van der Waals surface area contributed by atoms with E-state index in [-0.39, 0.29) is 36.9 Å². The van der Waals surface area contributed by atoms with Crippen molar-refractivity contribution in [1.29, 1.82) is 0 Å². The normalized spacial score (nSPS) is 10.0. The van der Waals surface area contributed by atoms with Crippen LogP contribution in [0.3, 0.4) is 0 Å². The highest BCUT2D eigenvalue weighted by Crippen LogP contribution is 2.02. The van der Waals surface area contributed by atoms with Crippen LogP contribution < -0.4 is 16.2 Å².